The molecular weight excluding hydrogens is 264 g/mol. The van der Waals surface area contributed by atoms with E-state index in [1.807, 2.05) is 0 Å². The van der Waals surface area contributed by atoms with E-state index in [9.17, 15) is 9.59 Å². The summed E-state index contributed by atoms with van der Waals surface area (Å²) < 4.78 is 5.24. The first-order valence-corrected chi connectivity index (χ1v) is 6.22. The molecule has 0 aromatic heterocycles. The molecule has 2 aliphatic rings. The molecule has 2 fully saturated rings. The minimum Gasteiger partial charge on any atom is -0.481 e. The molecule has 0 aromatic carbocycles. The van der Waals surface area contributed by atoms with Gasteiger partial charge in [0, 0.05) is 0 Å². The lowest BCUT2D eigenvalue weighted by Gasteiger charge is -2.25. The summed E-state index contributed by atoms with van der Waals surface area (Å²) in [5.41, 5.74) is 0. The number of carbonyl (C=O) groups is 2. The third-order valence-electron chi connectivity index (χ3n) is 3.50. The first-order chi connectivity index (χ1) is 7.11. The zero-order valence-corrected chi connectivity index (χ0v) is 9.77. The van der Waals surface area contributed by atoms with Crippen molar-refractivity contribution in [3.63, 3.8) is 0 Å². The maximum absolute atomic E-state index is 11.1. The van der Waals surface area contributed by atoms with Gasteiger partial charge < -0.3 is 9.84 Å². The summed E-state index contributed by atoms with van der Waals surface area (Å²) >= 11 is 3.04. The van der Waals surface area contributed by atoms with Gasteiger partial charge in [0.05, 0.1) is 5.92 Å². The summed E-state index contributed by atoms with van der Waals surface area (Å²) in [5.74, 6) is -0.694. The van der Waals surface area contributed by atoms with Crippen molar-refractivity contribution in [1.82, 2.24) is 0 Å². The van der Waals surface area contributed by atoms with Crippen LogP contribution in [0.1, 0.15) is 19.3 Å². The fourth-order valence-electron chi connectivity index (χ4n) is 2.87. The van der Waals surface area contributed by atoms with Gasteiger partial charge in [-0.15, -0.1) is 0 Å². The lowest BCUT2D eigenvalue weighted by atomic mass is 9.87. The summed E-state index contributed by atoms with van der Waals surface area (Å²) in [4.78, 5) is 21.9. The molecular formula is C10H13BrO4. The third-order valence-corrected chi connectivity index (χ3v) is 3.96. The van der Waals surface area contributed by atoms with Crippen LogP contribution >= 0.6 is 15.9 Å². The third kappa shape index (κ3) is 2.02. The standard InChI is InChI=1S/C10H13BrO4/c11-4-9(12)15-8-3-5-1-6(8)2-7(5)10(13)14/h5-8H,1-4H2,(H,13,14). The van der Waals surface area contributed by atoms with E-state index in [1.165, 1.54) is 0 Å². The molecule has 2 rings (SSSR count). The van der Waals surface area contributed by atoms with Crippen LogP contribution in [0.5, 0.6) is 0 Å². The zero-order valence-electron chi connectivity index (χ0n) is 8.19. The predicted molar refractivity (Wildman–Crippen MR) is 55.6 cm³/mol. The smallest absolute Gasteiger partial charge is 0.316 e. The molecule has 0 heterocycles. The Bertz CT molecular complexity index is 291. The second-order valence-electron chi connectivity index (χ2n) is 4.33. The second kappa shape index (κ2) is 4.12. The molecule has 0 radical (unpaired) electrons. The Balaban J connectivity index is 1.91. The number of alkyl halides is 1. The quantitative estimate of drug-likeness (QED) is 0.626. The monoisotopic (exact) mass is 276 g/mol. The van der Waals surface area contributed by atoms with Crippen LogP contribution in [-0.2, 0) is 14.3 Å². The van der Waals surface area contributed by atoms with E-state index in [2.05, 4.69) is 15.9 Å². The highest BCUT2D eigenvalue weighted by molar-refractivity contribution is 9.09. The van der Waals surface area contributed by atoms with Crippen molar-refractivity contribution in [3.8, 4) is 0 Å². The van der Waals surface area contributed by atoms with Crippen molar-refractivity contribution in [2.24, 2.45) is 17.8 Å². The molecule has 84 valence electrons. The van der Waals surface area contributed by atoms with Crippen LogP contribution in [0.3, 0.4) is 0 Å². The van der Waals surface area contributed by atoms with Crippen LogP contribution < -0.4 is 0 Å². The molecule has 4 atom stereocenters. The zero-order chi connectivity index (χ0) is 11.0. The highest BCUT2D eigenvalue weighted by atomic mass is 79.9. The van der Waals surface area contributed by atoms with Crippen molar-refractivity contribution >= 4 is 27.9 Å². The summed E-state index contributed by atoms with van der Waals surface area (Å²) in [5, 5.41) is 9.15. The maximum Gasteiger partial charge on any atom is 0.316 e. The molecule has 0 aliphatic heterocycles. The Morgan fingerprint density at radius 3 is 2.47 bits per heavy atom. The Hall–Kier alpha value is -0.580. The number of halogens is 1. The van der Waals surface area contributed by atoms with E-state index in [1.54, 1.807) is 0 Å². The number of carboxylic acids is 1. The van der Waals surface area contributed by atoms with Gasteiger partial charge in [-0.1, -0.05) is 15.9 Å². The number of esters is 1. The topological polar surface area (TPSA) is 63.6 Å². The van der Waals surface area contributed by atoms with Crippen molar-refractivity contribution in [2.75, 3.05) is 5.33 Å². The molecule has 4 unspecified atom stereocenters. The minimum absolute atomic E-state index is 0.0457. The number of carbonyl (C=O) groups excluding carboxylic acids is 1. The lowest BCUT2D eigenvalue weighted by Crippen LogP contribution is -2.30. The average molecular weight is 277 g/mol. The Labute approximate surface area is 96.1 Å². The Morgan fingerprint density at radius 2 is 2.00 bits per heavy atom. The second-order valence-corrected chi connectivity index (χ2v) is 4.89. The SMILES string of the molecule is O=C(CBr)OC1CC2CC1CC2C(=O)O. The van der Waals surface area contributed by atoms with Crippen molar-refractivity contribution in [3.05, 3.63) is 0 Å². The van der Waals surface area contributed by atoms with Gasteiger partial charge >= 0.3 is 11.9 Å². The van der Waals surface area contributed by atoms with Gasteiger partial charge in [0.1, 0.15) is 11.4 Å². The van der Waals surface area contributed by atoms with Crippen LogP contribution in [0.25, 0.3) is 0 Å². The van der Waals surface area contributed by atoms with E-state index in [4.69, 9.17) is 9.84 Å². The average Bonchev–Trinajstić information content (AvgIpc) is 2.76. The van der Waals surface area contributed by atoms with E-state index in [-0.39, 0.29) is 35.2 Å². The number of hydrogen-bond donors (Lipinski definition) is 1. The van der Waals surface area contributed by atoms with Crippen LogP contribution in [0, 0.1) is 17.8 Å². The van der Waals surface area contributed by atoms with Crippen LogP contribution in [-0.4, -0.2) is 28.5 Å². The van der Waals surface area contributed by atoms with Crippen LogP contribution in [0.15, 0.2) is 0 Å². The molecule has 2 saturated carbocycles. The summed E-state index contributed by atoms with van der Waals surface area (Å²) in [6, 6.07) is 0. The largest absolute Gasteiger partial charge is 0.481 e. The molecule has 0 aromatic rings. The molecule has 15 heavy (non-hydrogen) atoms. The first kappa shape index (κ1) is 10.9. The highest BCUT2D eigenvalue weighted by Gasteiger charge is 2.50. The fraction of sp³-hybridized carbons (Fsp3) is 0.800. The number of hydrogen-bond acceptors (Lipinski definition) is 3. The summed E-state index contributed by atoms with van der Waals surface area (Å²) in [6.07, 6.45) is 2.24. The van der Waals surface area contributed by atoms with Crippen molar-refractivity contribution in [1.29, 1.82) is 0 Å². The van der Waals surface area contributed by atoms with Gasteiger partial charge in [-0.05, 0) is 31.1 Å². The minimum atomic E-state index is -0.701. The van der Waals surface area contributed by atoms with E-state index < -0.39 is 5.97 Å². The normalized spacial score (nSPS) is 37.9. The van der Waals surface area contributed by atoms with Crippen LogP contribution in [0.4, 0.5) is 0 Å². The molecule has 0 spiro atoms. The number of ether oxygens (including phenoxy) is 1. The first-order valence-electron chi connectivity index (χ1n) is 5.10. The molecule has 0 saturated heterocycles. The van der Waals surface area contributed by atoms with E-state index in [0.29, 0.717) is 6.42 Å². The number of fused-ring (bicyclic) bond motifs is 2. The van der Waals surface area contributed by atoms with Gasteiger partial charge in [-0.25, -0.2) is 0 Å². The molecule has 2 aliphatic carbocycles. The van der Waals surface area contributed by atoms with Gasteiger partial charge in [-0.2, -0.15) is 0 Å². The maximum atomic E-state index is 11.1. The number of carboxylic acid groups (broad SMARTS) is 1. The summed E-state index contributed by atoms with van der Waals surface area (Å²) in [6.45, 7) is 0. The van der Waals surface area contributed by atoms with Crippen LogP contribution in [0.2, 0.25) is 0 Å². The number of rotatable bonds is 3. The van der Waals surface area contributed by atoms with Crippen molar-refractivity contribution in [2.45, 2.75) is 25.4 Å². The summed E-state index contributed by atoms with van der Waals surface area (Å²) in [7, 11) is 0. The lowest BCUT2D eigenvalue weighted by molar-refractivity contribution is -0.150. The predicted octanol–water partition coefficient (Wildman–Crippen LogP) is 1.42. The molecule has 5 heteroatoms. The molecule has 4 nitrogen and oxygen atoms in total. The van der Waals surface area contributed by atoms with E-state index >= 15 is 0 Å². The molecule has 1 N–H and O–H groups in total. The Kier molecular flexibility index (Phi) is 3.00. The van der Waals surface area contributed by atoms with Gasteiger partial charge in [0.15, 0.2) is 0 Å². The molecule has 0 amide bonds. The highest BCUT2D eigenvalue weighted by Crippen LogP contribution is 2.49. The fourth-order valence-corrected chi connectivity index (χ4v) is 3.00. The Morgan fingerprint density at radius 1 is 1.27 bits per heavy atom. The van der Waals surface area contributed by atoms with Crippen molar-refractivity contribution < 1.29 is 19.4 Å². The van der Waals surface area contributed by atoms with Gasteiger partial charge in [0.25, 0.3) is 0 Å². The van der Waals surface area contributed by atoms with E-state index in [0.717, 1.165) is 12.8 Å². The van der Waals surface area contributed by atoms with Gasteiger partial charge in [0.2, 0.25) is 0 Å². The van der Waals surface area contributed by atoms with Gasteiger partial charge in [-0.3, -0.25) is 9.59 Å². The molecule has 2 bridgehead atoms. The number of aliphatic carboxylic acids is 1.